The fourth-order valence-corrected chi connectivity index (χ4v) is 5.96. The number of hydrogen-bond acceptors (Lipinski definition) is 9. The maximum atomic E-state index is 14.9. The number of halogens is 10. The Kier molecular flexibility index (Phi) is 14.9. The van der Waals surface area contributed by atoms with Gasteiger partial charge in [0.1, 0.15) is 23.3 Å². The summed E-state index contributed by atoms with van der Waals surface area (Å²) in [5.41, 5.74) is 0.439. The van der Waals surface area contributed by atoms with Crippen LogP contribution in [0.15, 0.2) is 138 Å². The van der Waals surface area contributed by atoms with Crippen LogP contribution in [0.3, 0.4) is 0 Å². The Labute approximate surface area is 371 Å². The zero-order valence-corrected chi connectivity index (χ0v) is 33.8. The molecule has 3 amide bonds. The van der Waals surface area contributed by atoms with Crippen LogP contribution in [-0.2, 0) is 24.1 Å². The number of amides is 3. The summed E-state index contributed by atoms with van der Waals surface area (Å²) in [6.07, 6.45) is -4.40. The molecule has 0 unspecified atom stereocenters. The largest absolute Gasteiger partial charge is 0.471 e. The zero-order chi connectivity index (χ0) is 48.5. The number of carbonyl (C=O) groups is 4. The molecule has 4 aromatic carbocycles. The van der Waals surface area contributed by atoms with Gasteiger partial charge in [-0.25, -0.2) is 17.6 Å². The lowest BCUT2D eigenvalue weighted by Gasteiger charge is -2.23. The van der Waals surface area contributed by atoms with Gasteiger partial charge in [-0.2, -0.15) is 26.3 Å². The van der Waals surface area contributed by atoms with Crippen molar-refractivity contribution in [2.45, 2.75) is 25.4 Å². The number of ketones is 1. The van der Waals surface area contributed by atoms with Crippen molar-refractivity contribution in [1.29, 1.82) is 0 Å². The van der Waals surface area contributed by atoms with Crippen molar-refractivity contribution in [1.82, 2.24) is 25.5 Å². The molecule has 1 N–H and O–H groups in total. The minimum Gasteiger partial charge on any atom is -0.413 e. The van der Waals surface area contributed by atoms with Gasteiger partial charge in [-0.15, -0.1) is 10.2 Å². The van der Waals surface area contributed by atoms with Crippen molar-refractivity contribution in [2.24, 2.45) is 0 Å². The minimum absolute atomic E-state index is 0.0287. The van der Waals surface area contributed by atoms with Crippen LogP contribution >= 0.6 is 0 Å². The molecule has 0 aliphatic carbocycles. The number of alkyl halides is 6. The van der Waals surface area contributed by atoms with Gasteiger partial charge in [0.2, 0.25) is 5.89 Å². The molecule has 344 valence electrons. The third kappa shape index (κ3) is 12.5. The first-order valence-electron chi connectivity index (χ1n) is 19.1. The van der Waals surface area contributed by atoms with E-state index in [1.165, 1.54) is 114 Å². The van der Waals surface area contributed by atoms with E-state index in [-0.39, 0.29) is 57.8 Å². The number of pyridine rings is 2. The second-order valence-corrected chi connectivity index (χ2v) is 13.8. The van der Waals surface area contributed by atoms with Crippen LogP contribution in [-0.4, -0.2) is 56.4 Å². The summed E-state index contributed by atoms with van der Waals surface area (Å²) in [5.74, 6) is -9.36. The summed E-state index contributed by atoms with van der Waals surface area (Å²) in [5, 5.41) is 7.62. The summed E-state index contributed by atoms with van der Waals surface area (Å²) < 4.78 is 137. The molecule has 0 fully saturated rings. The van der Waals surface area contributed by atoms with E-state index < -0.39 is 77.5 Å². The predicted molar refractivity (Wildman–Crippen MR) is 217 cm³/mol. The van der Waals surface area contributed by atoms with Crippen LogP contribution in [0.5, 0.6) is 0 Å². The van der Waals surface area contributed by atoms with E-state index in [0.29, 0.717) is 0 Å². The third-order valence-electron chi connectivity index (χ3n) is 9.25. The number of benzene rings is 4. The molecule has 0 radical (unpaired) electrons. The average Bonchev–Trinajstić information content (AvgIpc) is 3.82. The zero-order valence-electron chi connectivity index (χ0n) is 33.8. The molecule has 7 rings (SSSR count). The van der Waals surface area contributed by atoms with Crippen molar-refractivity contribution in [3.8, 4) is 11.5 Å². The highest BCUT2D eigenvalue weighted by Crippen LogP contribution is 2.32. The van der Waals surface area contributed by atoms with E-state index in [4.69, 9.17) is 0 Å². The summed E-state index contributed by atoms with van der Waals surface area (Å²) >= 11 is 0. The fraction of sp³-hybridized carbons (Fsp3) is 0.111. The highest BCUT2D eigenvalue weighted by molar-refractivity contribution is 6.06. The van der Waals surface area contributed by atoms with E-state index >= 15 is 0 Å². The first-order chi connectivity index (χ1) is 31.8. The summed E-state index contributed by atoms with van der Waals surface area (Å²) in [7, 11) is 0. The second-order valence-electron chi connectivity index (χ2n) is 13.8. The van der Waals surface area contributed by atoms with Gasteiger partial charge in [0.25, 0.3) is 11.8 Å². The Morgan fingerprint density at radius 2 is 1.06 bits per heavy atom. The van der Waals surface area contributed by atoms with Crippen LogP contribution in [0.1, 0.15) is 48.1 Å². The van der Waals surface area contributed by atoms with E-state index in [2.05, 4.69) is 24.6 Å². The number of aromatic nitrogens is 4. The number of nitrogens with zero attached hydrogens (tertiary/aromatic N) is 6. The smallest absolute Gasteiger partial charge is 0.413 e. The maximum Gasteiger partial charge on any atom is 0.471 e. The Balaban J connectivity index is 0.000000221. The molecule has 0 bridgehead atoms. The maximum absolute atomic E-state index is 14.9. The molecule has 7 aromatic rings. The van der Waals surface area contributed by atoms with E-state index in [9.17, 15) is 63.1 Å². The fourth-order valence-electron chi connectivity index (χ4n) is 5.96. The standard InChI is InChI=1S/C23H16F5N3O3.C22H13F5N4O2/c24-17-2-1-3-18(11-17)31(21(33)14-6-8-29-9-7-14)13-16-5-4-15(10-19(16)25)20(32)12-30-22(34)23(26,27)28;23-16-2-1-3-17(11-16)31(20(32)13-6-8-28-9-7-13)12-15-5-4-14(10-18(15)24)19-29-30-21(33-19)22(25,26)27/h1-11H,12-13H2,(H,30,34);1-11H,12H2. The van der Waals surface area contributed by atoms with Crippen molar-refractivity contribution in [2.75, 3.05) is 16.3 Å². The lowest BCUT2D eigenvalue weighted by Crippen LogP contribution is -2.39. The average molecular weight is 938 g/mol. The number of Topliss-reactive ketones (excluding diaryl/α,β-unsaturated/α-hetero) is 1. The summed E-state index contributed by atoms with van der Waals surface area (Å²) in [4.78, 5) is 59.0. The highest BCUT2D eigenvalue weighted by atomic mass is 19.4. The molecule has 12 nitrogen and oxygen atoms in total. The Morgan fingerprint density at radius 3 is 1.49 bits per heavy atom. The number of rotatable bonds is 12. The van der Waals surface area contributed by atoms with Gasteiger partial charge >= 0.3 is 24.2 Å². The van der Waals surface area contributed by atoms with Crippen LogP contribution < -0.4 is 15.1 Å². The minimum atomic E-state index is -5.16. The molecular formula is C45H29F10N7O5. The lowest BCUT2D eigenvalue weighted by molar-refractivity contribution is -0.173. The van der Waals surface area contributed by atoms with Crippen LogP contribution in [0.25, 0.3) is 11.5 Å². The Hall–Kier alpha value is -8.30. The highest BCUT2D eigenvalue weighted by Gasteiger charge is 2.39. The number of carbonyl (C=O) groups excluding carboxylic acids is 4. The van der Waals surface area contributed by atoms with E-state index in [1.807, 2.05) is 0 Å². The molecule has 0 saturated heterocycles. The van der Waals surface area contributed by atoms with Gasteiger partial charge in [0.05, 0.1) is 19.6 Å². The number of anilines is 2. The molecule has 67 heavy (non-hydrogen) atoms. The van der Waals surface area contributed by atoms with Gasteiger partial charge < -0.3 is 19.5 Å². The molecule has 0 atom stereocenters. The monoisotopic (exact) mass is 937 g/mol. The SMILES string of the molecule is O=C(CNC(=O)C(F)(F)F)c1ccc(CN(C(=O)c2ccncc2)c2cccc(F)c2)c(F)c1.O=C(c1ccncc1)N(Cc1ccc(-c2nnc(C(F)(F)F)o2)cc1F)c1cccc(F)c1. The van der Waals surface area contributed by atoms with Crippen molar-refractivity contribution < 1.29 is 67.5 Å². The van der Waals surface area contributed by atoms with Gasteiger partial charge in [0.15, 0.2) is 5.78 Å². The molecule has 0 aliphatic rings. The molecule has 3 aromatic heterocycles. The van der Waals surface area contributed by atoms with Crippen LogP contribution in [0, 0.1) is 23.3 Å². The van der Waals surface area contributed by atoms with Gasteiger partial charge in [0, 0.05) is 69.5 Å². The third-order valence-corrected chi connectivity index (χ3v) is 9.25. The summed E-state index contributed by atoms with van der Waals surface area (Å²) in [6, 6.07) is 22.7. The first-order valence-corrected chi connectivity index (χ1v) is 19.1. The molecular weight excluding hydrogens is 909 g/mol. The van der Waals surface area contributed by atoms with E-state index in [1.54, 1.807) is 0 Å². The van der Waals surface area contributed by atoms with Gasteiger partial charge in [-0.1, -0.05) is 30.3 Å². The number of nitrogens with one attached hydrogen (secondary N) is 1. The molecule has 0 saturated carbocycles. The second kappa shape index (κ2) is 20.7. The van der Waals surface area contributed by atoms with Crippen molar-refractivity contribution in [3.63, 3.8) is 0 Å². The number of hydrogen-bond donors (Lipinski definition) is 1. The summed E-state index contributed by atoms with van der Waals surface area (Å²) in [6.45, 7) is -1.60. The normalized spacial score (nSPS) is 11.3. The topological polar surface area (TPSA) is 151 Å². The lowest BCUT2D eigenvalue weighted by atomic mass is 10.1. The Morgan fingerprint density at radius 1 is 0.567 bits per heavy atom. The molecule has 0 aliphatic heterocycles. The van der Waals surface area contributed by atoms with Crippen molar-refractivity contribution in [3.05, 3.63) is 191 Å². The molecule has 3 heterocycles. The predicted octanol–water partition coefficient (Wildman–Crippen LogP) is 9.34. The molecule has 0 spiro atoms. The van der Waals surface area contributed by atoms with Crippen molar-refractivity contribution >= 4 is 34.9 Å². The van der Waals surface area contributed by atoms with Crippen LogP contribution in [0.2, 0.25) is 0 Å². The first kappa shape index (κ1) is 48.2. The van der Waals surface area contributed by atoms with E-state index in [0.717, 1.165) is 35.2 Å². The Bertz CT molecular complexity index is 2900. The van der Waals surface area contributed by atoms with Gasteiger partial charge in [-0.3, -0.25) is 29.1 Å². The van der Waals surface area contributed by atoms with Gasteiger partial charge in [-0.05, 0) is 78.9 Å². The quantitative estimate of drug-likeness (QED) is 0.0934. The van der Waals surface area contributed by atoms with Crippen LogP contribution in [0.4, 0.5) is 55.3 Å². The molecule has 22 heteroatoms.